The highest BCUT2D eigenvalue weighted by Gasteiger charge is 2.43. The van der Waals surface area contributed by atoms with Crippen LogP contribution in [0, 0.1) is 5.82 Å². The van der Waals surface area contributed by atoms with E-state index >= 15 is 0 Å². The summed E-state index contributed by atoms with van der Waals surface area (Å²) >= 11 is 0. The standard InChI is InChI=1S/C16H20FN5O2/c1-24-13(23)11-6-5-10(17)9-12(11)22-15(19)20-14(18)21-16(22)7-3-2-4-8-16/h5-6,9H,2-4,7-8H2,1H3,(H4,18,19,20,21). The Kier molecular flexibility index (Phi) is 4.13. The number of halogens is 1. The first-order chi connectivity index (χ1) is 11.5. The van der Waals surface area contributed by atoms with Crippen LogP contribution < -0.4 is 16.4 Å². The number of carbonyl (C=O) groups is 1. The van der Waals surface area contributed by atoms with E-state index in [0.29, 0.717) is 18.5 Å². The van der Waals surface area contributed by atoms with Gasteiger partial charge in [0.1, 0.15) is 11.5 Å². The smallest absolute Gasteiger partial charge is 0.339 e. The third-order valence-electron chi connectivity index (χ3n) is 4.46. The van der Waals surface area contributed by atoms with E-state index in [0.717, 1.165) is 19.3 Å². The average molecular weight is 333 g/mol. The molecule has 0 bridgehead atoms. The Morgan fingerprint density at radius 3 is 2.67 bits per heavy atom. The summed E-state index contributed by atoms with van der Waals surface area (Å²) in [6.07, 6.45) is 4.34. The summed E-state index contributed by atoms with van der Waals surface area (Å²) in [5, 5.41) is 0. The molecular formula is C16H20FN5O2. The molecule has 0 amide bonds. The molecule has 1 aliphatic heterocycles. The van der Waals surface area contributed by atoms with Crippen LogP contribution in [0.3, 0.4) is 0 Å². The minimum absolute atomic E-state index is 0.0974. The third-order valence-corrected chi connectivity index (χ3v) is 4.46. The van der Waals surface area contributed by atoms with Crippen LogP contribution in [0.4, 0.5) is 10.1 Å². The molecule has 0 unspecified atom stereocenters. The lowest BCUT2D eigenvalue weighted by atomic mass is 9.87. The first kappa shape index (κ1) is 16.2. The molecule has 1 spiro atoms. The number of carbonyl (C=O) groups excluding carboxylic acids is 1. The van der Waals surface area contributed by atoms with Crippen LogP contribution >= 0.6 is 0 Å². The van der Waals surface area contributed by atoms with Gasteiger partial charge in [-0.05, 0) is 43.9 Å². The predicted molar refractivity (Wildman–Crippen MR) is 89.3 cm³/mol. The van der Waals surface area contributed by atoms with Crippen molar-refractivity contribution in [1.29, 1.82) is 0 Å². The molecule has 0 aromatic heterocycles. The lowest BCUT2D eigenvalue weighted by Gasteiger charge is -2.46. The SMILES string of the molecule is COC(=O)c1ccc(F)cc1N1C(N)=NC(N)=NC12CCCCC2. The van der Waals surface area contributed by atoms with Crippen LogP contribution in [0.5, 0.6) is 0 Å². The van der Waals surface area contributed by atoms with Gasteiger partial charge in [-0.1, -0.05) is 6.42 Å². The Balaban J connectivity index is 2.17. The van der Waals surface area contributed by atoms with E-state index < -0.39 is 17.4 Å². The fraction of sp³-hybridized carbons (Fsp3) is 0.438. The van der Waals surface area contributed by atoms with Crippen molar-refractivity contribution in [3.63, 3.8) is 0 Å². The molecule has 4 N–H and O–H groups in total. The molecule has 1 aliphatic carbocycles. The minimum atomic E-state index is -0.745. The van der Waals surface area contributed by atoms with Crippen molar-refractivity contribution in [2.24, 2.45) is 21.5 Å². The van der Waals surface area contributed by atoms with Gasteiger partial charge in [-0.25, -0.2) is 14.2 Å². The van der Waals surface area contributed by atoms with Crippen molar-refractivity contribution in [1.82, 2.24) is 0 Å². The maximum Gasteiger partial charge on any atom is 0.339 e. The molecule has 3 rings (SSSR count). The monoisotopic (exact) mass is 333 g/mol. The van der Waals surface area contributed by atoms with Crippen molar-refractivity contribution >= 4 is 23.6 Å². The van der Waals surface area contributed by atoms with E-state index in [4.69, 9.17) is 16.2 Å². The quantitative estimate of drug-likeness (QED) is 0.802. The van der Waals surface area contributed by atoms with Crippen molar-refractivity contribution in [2.45, 2.75) is 37.8 Å². The van der Waals surface area contributed by atoms with Gasteiger partial charge in [0.15, 0.2) is 0 Å². The summed E-state index contributed by atoms with van der Waals surface area (Å²) in [5.41, 5.74) is 11.7. The van der Waals surface area contributed by atoms with Crippen molar-refractivity contribution in [3.05, 3.63) is 29.6 Å². The number of guanidine groups is 2. The highest BCUT2D eigenvalue weighted by molar-refractivity contribution is 6.09. The Hall–Kier alpha value is -2.64. The summed E-state index contributed by atoms with van der Waals surface area (Å²) < 4.78 is 18.7. The largest absolute Gasteiger partial charge is 0.465 e. The molecule has 2 aliphatic rings. The molecule has 1 aromatic rings. The van der Waals surface area contributed by atoms with Gasteiger partial charge in [0.05, 0.1) is 18.4 Å². The molecule has 1 heterocycles. The molecule has 8 heteroatoms. The number of nitrogens with zero attached hydrogens (tertiary/aromatic N) is 3. The highest BCUT2D eigenvalue weighted by Crippen LogP contribution is 2.40. The first-order valence-electron chi connectivity index (χ1n) is 7.84. The van der Waals surface area contributed by atoms with Gasteiger partial charge in [-0.15, -0.1) is 0 Å². The second kappa shape index (κ2) is 6.10. The number of methoxy groups -OCH3 is 1. The molecule has 7 nitrogen and oxygen atoms in total. The Bertz CT molecular complexity index is 725. The number of aliphatic imine (C=N–C) groups is 2. The zero-order chi connectivity index (χ0) is 17.3. The van der Waals surface area contributed by atoms with Crippen LogP contribution in [0.1, 0.15) is 42.5 Å². The van der Waals surface area contributed by atoms with Gasteiger partial charge in [-0.3, -0.25) is 4.90 Å². The number of esters is 1. The van der Waals surface area contributed by atoms with E-state index in [2.05, 4.69) is 9.98 Å². The van der Waals surface area contributed by atoms with Crippen molar-refractivity contribution < 1.29 is 13.9 Å². The van der Waals surface area contributed by atoms with Gasteiger partial charge in [0.25, 0.3) is 0 Å². The molecule has 1 aromatic carbocycles. The lowest BCUT2D eigenvalue weighted by Crippen LogP contribution is -2.58. The average Bonchev–Trinajstić information content (AvgIpc) is 2.54. The molecule has 1 saturated carbocycles. The van der Waals surface area contributed by atoms with Gasteiger partial charge in [0, 0.05) is 0 Å². The molecule has 0 atom stereocenters. The summed E-state index contributed by atoms with van der Waals surface area (Å²) in [7, 11) is 1.27. The topological polar surface area (TPSA) is 106 Å². The number of nitrogens with two attached hydrogens (primary N) is 2. The van der Waals surface area contributed by atoms with E-state index in [1.165, 1.54) is 25.3 Å². The fourth-order valence-corrected chi connectivity index (χ4v) is 3.44. The second-order valence-corrected chi connectivity index (χ2v) is 5.97. The number of hydrogen-bond donors (Lipinski definition) is 2. The van der Waals surface area contributed by atoms with E-state index in [1.54, 1.807) is 4.90 Å². The molecule has 0 radical (unpaired) electrons. The minimum Gasteiger partial charge on any atom is -0.465 e. The Morgan fingerprint density at radius 1 is 1.29 bits per heavy atom. The lowest BCUT2D eigenvalue weighted by molar-refractivity contribution is 0.0601. The Labute approximate surface area is 139 Å². The van der Waals surface area contributed by atoms with Gasteiger partial charge >= 0.3 is 5.97 Å². The predicted octanol–water partition coefficient (Wildman–Crippen LogP) is 1.72. The number of benzene rings is 1. The van der Waals surface area contributed by atoms with Crippen LogP contribution in [0.15, 0.2) is 28.2 Å². The molecule has 0 saturated heterocycles. The number of anilines is 1. The van der Waals surface area contributed by atoms with Crippen LogP contribution in [-0.2, 0) is 4.74 Å². The number of rotatable bonds is 2. The van der Waals surface area contributed by atoms with Crippen LogP contribution in [0.2, 0.25) is 0 Å². The summed E-state index contributed by atoms with van der Waals surface area (Å²) in [4.78, 5) is 22.3. The second-order valence-electron chi connectivity index (χ2n) is 5.97. The highest BCUT2D eigenvalue weighted by atomic mass is 19.1. The normalized spacial score (nSPS) is 19.7. The zero-order valence-corrected chi connectivity index (χ0v) is 13.5. The molecule has 1 fully saturated rings. The van der Waals surface area contributed by atoms with Gasteiger partial charge in [0.2, 0.25) is 11.9 Å². The fourth-order valence-electron chi connectivity index (χ4n) is 3.44. The number of hydrogen-bond acceptors (Lipinski definition) is 7. The summed E-state index contributed by atoms with van der Waals surface area (Å²) in [6, 6.07) is 3.84. The molecule has 24 heavy (non-hydrogen) atoms. The molecule has 128 valence electrons. The van der Waals surface area contributed by atoms with Crippen LogP contribution in [0.25, 0.3) is 0 Å². The maximum absolute atomic E-state index is 13.9. The first-order valence-corrected chi connectivity index (χ1v) is 7.84. The summed E-state index contributed by atoms with van der Waals surface area (Å²) in [5.74, 6) is -0.868. The zero-order valence-electron chi connectivity index (χ0n) is 13.5. The van der Waals surface area contributed by atoms with Crippen molar-refractivity contribution in [2.75, 3.05) is 12.0 Å². The number of ether oxygens (including phenoxy) is 1. The van der Waals surface area contributed by atoms with E-state index in [9.17, 15) is 9.18 Å². The summed E-state index contributed by atoms with van der Waals surface area (Å²) in [6.45, 7) is 0. The van der Waals surface area contributed by atoms with Crippen molar-refractivity contribution in [3.8, 4) is 0 Å². The van der Waals surface area contributed by atoms with Gasteiger partial charge in [-0.2, -0.15) is 4.99 Å². The van der Waals surface area contributed by atoms with E-state index in [1.807, 2.05) is 0 Å². The Morgan fingerprint density at radius 2 is 2.00 bits per heavy atom. The molecular weight excluding hydrogens is 313 g/mol. The maximum atomic E-state index is 13.9. The third kappa shape index (κ3) is 2.68. The van der Waals surface area contributed by atoms with Crippen LogP contribution in [-0.4, -0.2) is 30.7 Å². The van der Waals surface area contributed by atoms with Gasteiger partial charge < -0.3 is 16.2 Å². The van der Waals surface area contributed by atoms with E-state index in [-0.39, 0.29) is 17.5 Å².